The van der Waals surface area contributed by atoms with Gasteiger partial charge in [-0.3, -0.25) is 4.90 Å². The van der Waals surface area contributed by atoms with Gasteiger partial charge >= 0.3 is 0 Å². The van der Waals surface area contributed by atoms with Crippen LogP contribution in [-0.2, 0) is 0 Å². The van der Waals surface area contributed by atoms with Crippen LogP contribution >= 0.6 is 0 Å². The SMILES string of the molecule is CCC1(N2CC(C)NCC2c2ccccc2)CCC1. The molecule has 1 saturated heterocycles. The zero-order valence-corrected chi connectivity index (χ0v) is 12.2. The topological polar surface area (TPSA) is 15.3 Å². The first-order valence-corrected chi connectivity index (χ1v) is 7.80. The van der Waals surface area contributed by atoms with Crippen LogP contribution in [0.4, 0.5) is 0 Å². The molecule has 2 aliphatic rings. The Morgan fingerprint density at radius 2 is 2.00 bits per heavy atom. The molecule has 1 aliphatic heterocycles. The minimum absolute atomic E-state index is 0.483. The van der Waals surface area contributed by atoms with Gasteiger partial charge in [0.2, 0.25) is 0 Å². The molecule has 0 bridgehead atoms. The number of piperazine rings is 1. The lowest BCUT2D eigenvalue weighted by Gasteiger charge is -2.56. The van der Waals surface area contributed by atoms with Gasteiger partial charge in [-0.25, -0.2) is 0 Å². The van der Waals surface area contributed by atoms with Crippen LogP contribution in [0.15, 0.2) is 30.3 Å². The van der Waals surface area contributed by atoms with Crippen LogP contribution in [-0.4, -0.2) is 29.6 Å². The van der Waals surface area contributed by atoms with Crippen molar-refractivity contribution in [3.05, 3.63) is 35.9 Å². The van der Waals surface area contributed by atoms with E-state index in [1.807, 2.05) is 0 Å². The highest BCUT2D eigenvalue weighted by molar-refractivity contribution is 5.22. The van der Waals surface area contributed by atoms with Gasteiger partial charge in [0.1, 0.15) is 0 Å². The second-order valence-corrected chi connectivity index (χ2v) is 6.32. The first-order valence-electron chi connectivity index (χ1n) is 7.80. The molecule has 1 heterocycles. The predicted octanol–water partition coefficient (Wildman–Crippen LogP) is 3.35. The number of benzene rings is 1. The summed E-state index contributed by atoms with van der Waals surface area (Å²) < 4.78 is 0. The number of rotatable bonds is 3. The van der Waals surface area contributed by atoms with Crippen molar-refractivity contribution in [3.63, 3.8) is 0 Å². The molecular formula is C17H26N2. The lowest BCUT2D eigenvalue weighted by atomic mass is 9.71. The summed E-state index contributed by atoms with van der Waals surface area (Å²) in [5.74, 6) is 0. The number of nitrogens with zero attached hydrogens (tertiary/aromatic N) is 1. The summed E-state index contributed by atoms with van der Waals surface area (Å²) in [5.41, 5.74) is 1.96. The fraction of sp³-hybridized carbons (Fsp3) is 0.647. The van der Waals surface area contributed by atoms with Crippen molar-refractivity contribution in [2.75, 3.05) is 13.1 Å². The Balaban J connectivity index is 1.88. The molecule has 1 aliphatic carbocycles. The maximum absolute atomic E-state index is 3.66. The molecule has 2 nitrogen and oxygen atoms in total. The van der Waals surface area contributed by atoms with E-state index in [1.54, 1.807) is 0 Å². The van der Waals surface area contributed by atoms with Crippen molar-refractivity contribution >= 4 is 0 Å². The van der Waals surface area contributed by atoms with E-state index in [4.69, 9.17) is 0 Å². The first-order chi connectivity index (χ1) is 9.25. The van der Waals surface area contributed by atoms with Gasteiger partial charge in [-0.1, -0.05) is 37.3 Å². The molecule has 1 saturated carbocycles. The molecule has 0 amide bonds. The molecule has 3 rings (SSSR count). The Hall–Kier alpha value is -0.860. The van der Waals surface area contributed by atoms with Gasteiger partial charge in [-0.2, -0.15) is 0 Å². The third-order valence-electron chi connectivity index (χ3n) is 5.24. The lowest BCUT2D eigenvalue weighted by Crippen LogP contribution is -2.62. The molecular weight excluding hydrogens is 232 g/mol. The summed E-state index contributed by atoms with van der Waals surface area (Å²) in [7, 11) is 0. The second-order valence-electron chi connectivity index (χ2n) is 6.32. The van der Waals surface area contributed by atoms with Gasteiger partial charge in [-0.15, -0.1) is 0 Å². The van der Waals surface area contributed by atoms with Crippen LogP contribution in [0.1, 0.15) is 51.1 Å². The average Bonchev–Trinajstić information content (AvgIpc) is 2.39. The quantitative estimate of drug-likeness (QED) is 0.894. The summed E-state index contributed by atoms with van der Waals surface area (Å²) in [4.78, 5) is 2.81. The smallest absolute Gasteiger partial charge is 0.0478 e. The molecule has 104 valence electrons. The number of hydrogen-bond donors (Lipinski definition) is 1. The maximum atomic E-state index is 3.66. The lowest BCUT2D eigenvalue weighted by molar-refractivity contribution is -0.0428. The van der Waals surface area contributed by atoms with E-state index in [1.165, 1.54) is 37.8 Å². The minimum atomic E-state index is 0.483. The van der Waals surface area contributed by atoms with E-state index < -0.39 is 0 Å². The zero-order chi connectivity index (χ0) is 13.3. The molecule has 1 aromatic carbocycles. The van der Waals surface area contributed by atoms with Crippen molar-refractivity contribution in [3.8, 4) is 0 Å². The maximum Gasteiger partial charge on any atom is 0.0478 e. The van der Waals surface area contributed by atoms with Crippen LogP contribution in [0.3, 0.4) is 0 Å². The third kappa shape index (κ3) is 2.32. The van der Waals surface area contributed by atoms with Crippen molar-refractivity contribution < 1.29 is 0 Å². The van der Waals surface area contributed by atoms with Gasteiger partial charge in [0.05, 0.1) is 0 Å². The van der Waals surface area contributed by atoms with Crippen molar-refractivity contribution in [1.82, 2.24) is 10.2 Å². The van der Waals surface area contributed by atoms with Crippen LogP contribution in [0, 0.1) is 0 Å². The van der Waals surface area contributed by atoms with E-state index in [2.05, 4.69) is 54.4 Å². The molecule has 2 unspecified atom stereocenters. The van der Waals surface area contributed by atoms with Gasteiger partial charge in [0.25, 0.3) is 0 Å². The predicted molar refractivity (Wildman–Crippen MR) is 80.2 cm³/mol. The highest BCUT2D eigenvalue weighted by Crippen LogP contribution is 2.45. The molecule has 2 heteroatoms. The molecule has 1 N–H and O–H groups in total. The zero-order valence-electron chi connectivity index (χ0n) is 12.2. The summed E-state index contributed by atoms with van der Waals surface area (Å²) >= 11 is 0. The largest absolute Gasteiger partial charge is 0.311 e. The van der Waals surface area contributed by atoms with E-state index >= 15 is 0 Å². The fourth-order valence-electron chi connectivity index (χ4n) is 3.84. The van der Waals surface area contributed by atoms with Crippen molar-refractivity contribution in [1.29, 1.82) is 0 Å². The Kier molecular flexibility index (Phi) is 3.64. The Labute approximate surface area is 117 Å². The summed E-state index contributed by atoms with van der Waals surface area (Å²) in [6, 6.07) is 12.2. The van der Waals surface area contributed by atoms with E-state index in [-0.39, 0.29) is 0 Å². The number of hydrogen-bond acceptors (Lipinski definition) is 2. The van der Waals surface area contributed by atoms with E-state index in [0.717, 1.165) is 6.54 Å². The van der Waals surface area contributed by atoms with Crippen LogP contribution in [0.2, 0.25) is 0 Å². The van der Waals surface area contributed by atoms with Gasteiger partial charge < -0.3 is 5.32 Å². The van der Waals surface area contributed by atoms with Gasteiger partial charge in [0.15, 0.2) is 0 Å². The highest BCUT2D eigenvalue weighted by atomic mass is 15.3. The highest BCUT2D eigenvalue weighted by Gasteiger charge is 2.45. The molecule has 2 fully saturated rings. The molecule has 2 atom stereocenters. The molecule has 0 aromatic heterocycles. The minimum Gasteiger partial charge on any atom is -0.311 e. The van der Waals surface area contributed by atoms with Gasteiger partial charge in [0, 0.05) is 30.7 Å². The normalized spacial score (nSPS) is 30.8. The van der Waals surface area contributed by atoms with Crippen LogP contribution in [0.5, 0.6) is 0 Å². The monoisotopic (exact) mass is 258 g/mol. The standard InChI is InChI=1S/C17H26N2/c1-3-17(10-7-11-17)19-13-14(2)18-12-16(19)15-8-5-4-6-9-15/h4-6,8-9,14,16,18H,3,7,10-13H2,1-2H3. The summed E-state index contributed by atoms with van der Waals surface area (Å²) in [5, 5.41) is 3.66. The fourth-order valence-corrected chi connectivity index (χ4v) is 3.84. The van der Waals surface area contributed by atoms with Crippen molar-refractivity contribution in [2.24, 2.45) is 0 Å². The van der Waals surface area contributed by atoms with Crippen LogP contribution < -0.4 is 5.32 Å². The third-order valence-corrected chi connectivity index (χ3v) is 5.24. The number of nitrogens with one attached hydrogen (secondary N) is 1. The summed E-state index contributed by atoms with van der Waals surface area (Å²) in [6.07, 6.45) is 5.48. The average molecular weight is 258 g/mol. The first kappa shape index (κ1) is 13.1. The van der Waals surface area contributed by atoms with Crippen LogP contribution in [0.25, 0.3) is 0 Å². The molecule has 19 heavy (non-hydrogen) atoms. The molecule has 0 radical (unpaired) electrons. The van der Waals surface area contributed by atoms with Crippen molar-refractivity contribution in [2.45, 2.75) is 57.2 Å². The second kappa shape index (κ2) is 5.26. The Bertz CT molecular complexity index is 405. The Morgan fingerprint density at radius 3 is 2.58 bits per heavy atom. The molecule has 0 spiro atoms. The van der Waals surface area contributed by atoms with E-state index in [9.17, 15) is 0 Å². The van der Waals surface area contributed by atoms with Gasteiger partial charge in [-0.05, 0) is 38.2 Å². The summed E-state index contributed by atoms with van der Waals surface area (Å²) in [6.45, 7) is 6.96. The Morgan fingerprint density at radius 1 is 1.26 bits per heavy atom. The van der Waals surface area contributed by atoms with E-state index in [0.29, 0.717) is 17.6 Å². The molecule has 1 aromatic rings.